The van der Waals surface area contributed by atoms with Crippen LogP contribution in [0.5, 0.6) is 0 Å². The van der Waals surface area contributed by atoms with Gasteiger partial charge in [-0.25, -0.2) is 0 Å². The number of carbonyl (C=O) groups is 1. The van der Waals surface area contributed by atoms with Crippen molar-refractivity contribution in [2.75, 3.05) is 6.54 Å². The second-order valence-electron chi connectivity index (χ2n) is 5.94. The molecule has 1 aliphatic rings. The molecule has 2 aromatic rings. The molecule has 1 aromatic heterocycles. The van der Waals surface area contributed by atoms with E-state index in [1.54, 1.807) is 6.20 Å². The van der Waals surface area contributed by atoms with E-state index in [2.05, 4.69) is 17.1 Å². The molecule has 0 aliphatic heterocycles. The molecule has 114 valence electrons. The minimum Gasteiger partial charge on any atom is -0.336 e. The van der Waals surface area contributed by atoms with Crippen molar-refractivity contribution in [3.05, 3.63) is 66.0 Å². The third kappa shape index (κ3) is 3.73. The molecular weight excluding hydrogens is 272 g/mol. The number of rotatable bonds is 6. The zero-order valence-corrected chi connectivity index (χ0v) is 12.8. The molecule has 3 heteroatoms. The van der Waals surface area contributed by atoms with Gasteiger partial charge < -0.3 is 4.90 Å². The number of aromatic nitrogens is 1. The summed E-state index contributed by atoms with van der Waals surface area (Å²) in [4.78, 5) is 19.0. The Hall–Kier alpha value is -2.16. The maximum atomic E-state index is 12.6. The maximum absolute atomic E-state index is 12.6. The van der Waals surface area contributed by atoms with Crippen LogP contribution in [0.2, 0.25) is 0 Å². The molecule has 1 fully saturated rings. The first-order valence-corrected chi connectivity index (χ1v) is 8.05. The van der Waals surface area contributed by atoms with Gasteiger partial charge in [-0.2, -0.15) is 0 Å². The average molecular weight is 294 g/mol. The number of pyridine rings is 1. The van der Waals surface area contributed by atoms with Crippen LogP contribution in [-0.4, -0.2) is 22.3 Å². The molecule has 3 rings (SSSR count). The standard InChI is InChI=1S/C19H22N2O/c22-19(17-9-6-10-17)21(15-18-11-4-5-13-20-18)14-12-16-7-2-1-3-8-16/h1-5,7-8,11,13,17H,6,9-10,12,14-15H2. The molecule has 22 heavy (non-hydrogen) atoms. The monoisotopic (exact) mass is 294 g/mol. The van der Waals surface area contributed by atoms with Crippen molar-refractivity contribution in [3.63, 3.8) is 0 Å². The van der Waals surface area contributed by atoms with Gasteiger partial charge in [-0.3, -0.25) is 9.78 Å². The van der Waals surface area contributed by atoms with Crippen molar-refractivity contribution >= 4 is 5.91 Å². The highest BCUT2D eigenvalue weighted by atomic mass is 16.2. The number of amides is 1. The van der Waals surface area contributed by atoms with Crippen molar-refractivity contribution in [1.29, 1.82) is 0 Å². The third-order valence-corrected chi connectivity index (χ3v) is 4.36. The van der Waals surface area contributed by atoms with E-state index >= 15 is 0 Å². The van der Waals surface area contributed by atoms with E-state index in [0.717, 1.165) is 31.5 Å². The fraction of sp³-hybridized carbons (Fsp3) is 0.368. The highest BCUT2D eigenvalue weighted by Crippen LogP contribution is 2.28. The molecule has 1 amide bonds. The first-order valence-electron chi connectivity index (χ1n) is 8.05. The Bertz CT molecular complexity index is 593. The highest BCUT2D eigenvalue weighted by molar-refractivity contribution is 5.79. The van der Waals surface area contributed by atoms with Gasteiger partial charge in [0.2, 0.25) is 5.91 Å². The SMILES string of the molecule is O=C(C1CCC1)N(CCc1ccccc1)Cc1ccccn1. The Labute approximate surface area is 132 Å². The summed E-state index contributed by atoms with van der Waals surface area (Å²) >= 11 is 0. The number of nitrogens with zero attached hydrogens (tertiary/aromatic N) is 2. The second kappa shape index (κ2) is 7.21. The molecular formula is C19H22N2O. The minimum absolute atomic E-state index is 0.236. The molecule has 0 atom stereocenters. The summed E-state index contributed by atoms with van der Waals surface area (Å²) in [6.07, 6.45) is 5.96. The average Bonchev–Trinajstić information content (AvgIpc) is 2.51. The molecule has 0 unspecified atom stereocenters. The van der Waals surface area contributed by atoms with Crippen LogP contribution in [0, 0.1) is 5.92 Å². The lowest BCUT2D eigenvalue weighted by Gasteiger charge is -2.31. The first-order chi connectivity index (χ1) is 10.8. The van der Waals surface area contributed by atoms with Gasteiger partial charge in [0.05, 0.1) is 12.2 Å². The van der Waals surface area contributed by atoms with Gasteiger partial charge in [-0.1, -0.05) is 42.8 Å². The lowest BCUT2D eigenvalue weighted by molar-refractivity contribution is -0.138. The fourth-order valence-corrected chi connectivity index (χ4v) is 2.78. The lowest BCUT2D eigenvalue weighted by Crippen LogP contribution is -2.39. The summed E-state index contributed by atoms with van der Waals surface area (Å²) in [5, 5.41) is 0. The number of benzene rings is 1. The predicted molar refractivity (Wildman–Crippen MR) is 87.1 cm³/mol. The van der Waals surface area contributed by atoms with Crippen molar-refractivity contribution in [1.82, 2.24) is 9.88 Å². The molecule has 1 saturated carbocycles. The van der Waals surface area contributed by atoms with E-state index in [1.165, 1.54) is 12.0 Å². The normalized spacial score (nSPS) is 14.4. The van der Waals surface area contributed by atoms with Crippen LogP contribution in [0.15, 0.2) is 54.7 Å². The summed E-state index contributed by atoms with van der Waals surface area (Å²) < 4.78 is 0. The van der Waals surface area contributed by atoms with Crippen LogP contribution in [0.4, 0.5) is 0 Å². The quantitative estimate of drug-likeness (QED) is 0.817. The van der Waals surface area contributed by atoms with E-state index in [1.807, 2.05) is 41.3 Å². The Kier molecular flexibility index (Phi) is 4.84. The summed E-state index contributed by atoms with van der Waals surface area (Å²) in [5.41, 5.74) is 2.23. The van der Waals surface area contributed by atoms with Crippen molar-refractivity contribution < 1.29 is 4.79 Å². The van der Waals surface area contributed by atoms with E-state index in [4.69, 9.17) is 0 Å². The van der Waals surface area contributed by atoms with E-state index in [9.17, 15) is 4.79 Å². The molecule has 3 nitrogen and oxygen atoms in total. The van der Waals surface area contributed by atoms with Crippen molar-refractivity contribution in [3.8, 4) is 0 Å². The molecule has 0 N–H and O–H groups in total. The molecule has 0 bridgehead atoms. The number of carbonyl (C=O) groups excluding carboxylic acids is 1. The van der Waals surface area contributed by atoms with E-state index < -0.39 is 0 Å². The number of hydrogen-bond acceptors (Lipinski definition) is 2. The van der Waals surface area contributed by atoms with Gasteiger partial charge in [0, 0.05) is 18.7 Å². The van der Waals surface area contributed by atoms with Crippen LogP contribution in [0.1, 0.15) is 30.5 Å². The van der Waals surface area contributed by atoms with Crippen LogP contribution in [0.25, 0.3) is 0 Å². The molecule has 0 saturated heterocycles. The van der Waals surface area contributed by atoms with Gasteiger partial charge >= 0.3 is 0 Å². The minimum atomic E-state index is 0.236. The zero-order valence-electron chi connectivity index (χ0n) is 12.8. The molecule has 1 heterocycles. The number of hydrogen-bond donors (Lipinski definition) is 0. The van der Waals surface area contributed by atoms with Crippen LogP contribution >= 0.6 is 0 Å². The van der Waals surface area contributed by atoms with Gasteiger partial charge in [-0.05, 0) is 37.0 Å². The third-order valence-electron chi connectivity index (χ3n) is 4.36. The second-order valence-corrected chi connectivity index (χ2v) is 5.94. The van der Waals surface area contributed by atoms with Gasteiger partial charge in [0.15, 0.2) is 0 Å². The predicted octanol–water partition coefficient (Wildman–Crippen LogP) is 3.45. The Morgan fingerprint density at radius 2 is 1.86 bits per heavy atom. The fourth-order valence-electron chi connectivity index (χ4n) is 2.78. The summed E-state index contributed by atoms with van der Waals surface area (Å²) in [5.74, 6) is 0.535. The Balaban J connectivity index is 1.66. The van der Waals surface area contributed by atoms with E-state index in [-0.39, 0.29) is 5.92 Å². The zero-order chi connectivity index (χ0) is 15.2. The van der Waals surface area contributed by atoms with Crippen LogP contribution in [0.3, 0.4) is 0 Å². The summed E-state index contributed by atoms with van der Waals surface area (Å²) in [7, 11) is 0. The van der Waals surface area contributed by atoms with Crippen LogP contribution < -0.4 is 0 Å². The Morgan fingerprint density at radius 3 is 2.50 bits per heavy atom. The topological polar surface area (TPSA) is 33.2 Å². The smallest absolute Gasteiger partial charge is 0.226 e. The summed E-state index contributed by atoms with van der Waals surface area (Å²) in [6.45, 7) is 1.37. The van der Waals surface area contributed by atoms with Crippen molar-refractivity contribution in [2.45, 2.75) is 32.2 Å². The van der Waals surface area contributed by atoms with Gasteiger partial charge in [0.1, 0.15) is 0 Å². The molecule has 1 aliphatic carbocycles. The Morgan fingerprint density at radius 1 is 1.09 bits per heavy atom. The molecule has 0 spiro atoms. The molecule has 1 aromatic carbocycles. The highest BCUT2D eigenvalue weighted by Gasteiger charge is 2.29. The molecule has 0 radical (unpaired) electrons. The van der Waals surface area contributed by atoms with Gasteiger partial charge in [-0.15, -0.1) is 0 Å². The first kappa shape index (κ1) is 14.8. The van der Waals surface area contributed by atoms with Crippen LogP contribution in [-0.2, 0) is 17.8 Å². The van der Waals surface area contributed by atoms with E-state index in [0.29, 0.717) is 12.5 Å². The lowest BCUT2D eigenvalue weighted by atomic mass is 9.84. The summed E-state index contributed by atoms with van der Waals surface area (Å²) in [6, 6.07) is 16.2. The van der Waals surface area contributed by atoms with Gasteiger partial charge in [0.25, 0.3) is 0 Å². The van der Waals surface area contributed by atoms with Crippen molar-refractivity contribution in [2.24, 2.45) is 5.92 Å². The maximum Gasteiger partial charge on any atom is 0.226 e. The largest absolute Gasteiger partial charge is 0.336 e.